The fourth-order valence-corrected chi connectivity index (χ4v) is 5.66. The number of aliphatic hydroxyl groups is 1. The Balaban J connectivity index is 1.39. The largest absolute Gasteiger partial charge is 0.395 e. The minimum absolute atomic E-state index is 0.181. The van der Waals surface area contributed by atoms with Gasteiger partial charge in [0.25, 0.3) is 5.91 Å². The smallest absolute Gasteiger partial charge is 0.273 e. The second kappa shape index (κ2) is 10.9. The first-order chi connectivity index (χ1) is 18.0. The Labute approximate surface area is 219 Å². The summed E-state index contributed by atoms with van der Waals surface area (Å²) in [5.41, 5.74) is 7.44. The van der Waals surface area contributed by atoms with E-state index in [4.69, 9.17) is 4.98 Å². The van der Waals surface area contributed by atoms with Gasteiger partial charge in [0, 0.05) is 47.2 Å². The summed E-state index contributed by atoms with van der Waals surface area (Å²) >= 11 is 1.59. The Morgan fingerprint density at radius 1 is 1.27 bits per heavy atom. The topological polar surface area (TPSA) is 82.8 Å². The van der Waals surface area contributed by atoms with E-state index in [1.165, 1.54) is 12.1 Å². The maximum Gasteiger partial charge on any atom is 0.273 e. The first kappa shape index (κ1) is 25.3. The number of nitrogens with zero attached hydrogens (tertiary/aromatic N) is 4. The number of fused-ring (bicyclic) bond motifs is 1. The predicted molar refractivity (Wildman–Crippen MR) is 145 cm³/mol. The number of nitrogens with one attached hydrogen (secondary N) is 1. The average molecular weight is 520 g/mol. The van der Waals surface area contributed by atoms with Crippen LogP contribution in [0.15, 0.2) is 59.1 Å². The van der Waals surface area contributed by atoms with E-state index in [9.17, 15) is 14.3 Å². The predicted octanol–water partition coefficient (Wildman–Crippen LogP) is 5.03. The molecule has 3 heterocycles. The van der Waals surface area contributed by atoms with Gasteiger partial charge in [-0.15, -0.1) is 11.3 Å². The van der Waals surface area contributed by atoms with E-state index in [1.807, 2.05) is 35.9 Å². The van der Waals surface area contributed by atoms with Gasteiger partial charge in [-0.3, -0.25) is 9.69 Å². The molecule has 1 amide bonds. The van der Waals surface area contributed by atoms with Crippen LogP contribution >= 0.6 is 11.3 Å². The van der Waals surface area contributed by atoms with E-state index < -0.39 is 0 Å². The molecule has 0 aliphatic carbocycles. The zero-order valence-corrected chi connectivity index (χ0v) is 21.8. The molecule has 1 atom stereocenters. The highest BCUT2D eigenvalue weighted by Crippen LogP contribution is 2.31. The number of carbonyl (C=O) groups is 1. The van der Waals surface area contributed by atoms with Crippen LogP contribution in [-0.4, -0.2) is 50.4 Å². The average Bonchev–Trinajstić information content (AvgIpc) is 3.66. The highest BCUT2D eigenvalue weighted by Gasteiger charge is 2.24. The molecule has 2 aromatic heterocycles. The molecule has 7 nitrogen and oxygen atoms in total. The third-order valence-corrected chi connectivity index (χ3v) is 7.87. The molecule has 0 spiro atoms. The quantitative estimate of drug-likeness (QED) is 0.253. The van der Waals surface area contributed by atoms with Crippen molar-refractivity contribution in [2.75, 3.05) is 13.2 Å². The number of carbonyl (C=O) groups excluding carboxylic acids is 1. The minimum Gasteiger partial charge on any atom is -0.395 e. The van der Waals surface area contributed by atoms with Crippen molar-refractivity contribution in [1.82, 2.24) is 19.9 Å². The Morgan fingerprint density at radius 2 is 2.08 bits per heavy atom. The lowest BCUT2D eigenvalue weighted by Crippen LogP contribution is -2.31. The number of hydrogen-bond donors (Lipinski definition) is 2. The summed E-state index contributed by atoms with van der Waals surface area (Å²) < 4.78 is 15.3. The van der Waals surface area contributed by atoms with Gasteiger partial charge in [0.1, 0.15) is 10.8 Å². The van der Waals surface area contributed by atoms with Crippen LogP contribution in [0.4, 0.5) is 4.39 Å². The van der Waals surface area contributed by atoms with E-state index in [0.29, 0.717) is 11.3 Å². The molecular formula is C28H30FN5O2S. The fraction of sp³-hybridized carbons (Fsp3) is 0.321. The lowest BCUT2D eigenvalue weighted by molar-refractivity contribution is 0.0956. The van der Waals surface area contributed by atoms with Gasteiger partial charge in [-0.05, 0) is 69.1 Å². The molecule has 9 heteroatoms. The summed E-state index contributed by atoms with van der Waals surface area (Å²) in [4.78, 5) is 20.3. The molecule has 1 aliphatic heterocycles. The van der Waals surface area contributed by atoms with Crippen LogP contribution in [0.1, 0.15) is 48.3 Å². The number of amides is 1. The van der Waals surface area contributed by atoms with Gasteiger partial charge in [-0.2, -0.15) is 5.10 Å². The molecule has 37 heavy (non-hydrogen) atoms. The van der Waals surface area contributed by atoms with Gasteiger partial charge >= 0.3 is 0 Å². The minimum atomic E-state index is -0.318. The van der Waals surface area contributed by atoms with Crippen LogP contribution in [0.25, 0.3) is 21.5 Å². The summed E-state index contributed by atoms with van der Waals surface area (Å²) in [7, 11) is 0. The maximum absolute atomic E-state index is 13.2. The van der Waals surface area contributed by atoms with Crippen LogP contribution in [0.2, 0.25) is 0 Å². The van der Waals surface area contributed by atoms with Crippen molar-refractivity contribution in [3.8, 4) is 10.6 Å². The summed E-state index contributed by atoms with van der Waals surface area (Å²) in [6.45, 7) is 6.43. The number of aliphatic hydroxyl groups excluding tert-OH is 1. The van der Waals surface area contributed by atoms with Crippen molar-refractivity contribution in [2.45, 2.75) is 45.8 Å². The second-order valence-corrected chi connectivity index (χ2v) is 10.2. The standard InChI is InChI=1S/C28H30FN5O2S/c1-3-33-15-25(27(36)32-31-18(2)19-6-9-21(29)10-7-19)24-13-20(8-11-26(24)33)28-30-22(17-37-28)14-34-12-4-5-23(34)16-35/h6-11,13,15,17,23,35H,3-5,12,14,16H2,1-2H3,(H,32,36)/b31-18+/t23-/m0/s1. The Morgan fingerprint density at radius 3 is 2.84 bits per heavy atom. The summed E-state index contributed by atoms with van der Waals surface area (Å²) in [6, 6.07) is 12.3. The Bertz CT molecular complexity index is 1440. The van der Waals surface area contributed by atoms with E-state index in [-0.39, 0.29) is 24.4 Å². The molecule has 0 saturated carbocycles. The van der Waals surface area contributed by atoms with Crippen LogP contribution in [0.5, 0.6) is 0 Å². The van der Waals surface area contributed by atoms with Gasteiger partial charge in [-0.1, -0.05) is 12.1 Å². The molecule has 2 aromatic carbocycles. The van der Waals surface area contributed by atoms with Crippen LogP contribution < -0.4 is 5.43 Å². The summed E-state index contributed by atoms with van der Waals surface area (Å²) in [5.74, 6) is -0.624. The van der Waals surface area contributed by atoms with Gasteiger partial charge in [0.05, 0.1) is 23.6 Å². The maximum atomic E-state index is 13.2. The SMILES string of the molecule is CCn1cc(C(=O)N/N=C(\C)c2ccc(F)cc2)c2cc(-c3nc(CN4CCC[C@H]4CO)cs3)ccc21. The normalized spacial score (nSPS) is 16.5. The van der Waals surface area contributed by atoms with Crippen molar-refractivity contribution < 1.29 is 14.3 Å². The van der Waals surface area contributed by atoms with Crippen LogP contribution in [0.3, 0.4) is 0 Å². The molecule has 1 saturated heterocycles. The van der Waals surface area contributed by atoms with Crippen molar-refractivity contribution >= 4 is 33.9 Å². The number of aromatic nitrogens is 2. The molecule has 0 unspecified atom stereocenters. The second-order valence-electron chi connectivity index (χ2n) is 9.30. The van der Waals surface area contributed by atoms with E-state index in [1.54, 1.807) is 30.4 Å². The third-order valence-electron chi connectivity index (χ3n) is 6.93. The van der Waals surface area contributed by atoms with Crippen LogP contribution in [0, 0.1) is 5.82 Å². The number of hydrogen-bond acceptors (Lipinski definition) is 6. The number of halogens is 1. The van der Waals surface area contributed by atoms with Gasteiger partial charge in [0.2, 0.25) is 0 Å². The number of likely N-dealkylation sites (tertiary alicyclic amines) is 1. The zero-order valence-electron chi connectivity index (χ0n) is 20.9. The molecule has 0 radical (unpaired) electrons. The number of aryl methyl sites for hydroxylation is 1. The molecule has 1 fully saturated rings. The zero-order chi connectivity index (χ0) is 25.9. The first-order valence-corrected chi connectivity index (χ1v) is 13.4. The molecule has 0 bridgehead atoms. The molecule has 1 aliphatic rings. The number of hydrazone groups is 1. The first-order valence-electron chi connectivity index (χ1n) is 12.5. The summed E-state index contributed by atoms with van der Waals surface area (Å²) in [5, 5.41) is 17.7. The molecule has 192 valence electrons. The van der Waals surface area contributed by atoms with Gasteiger partial charge in [-0.25, -0.2) is 14.8 Å². The van der Waals surface area contributed by atoms with Crippen molar-refractivity contribution in [3.63, 3.8) is 0 Å². The van der Waals surface area contributed by atoms with Crippen molar-refractivity contribution in [2.24, 2.45) is 5.10 Å². The monoisotopic (exact) mass is 519 g/mol. The molecular weight excluding hydrogens is 489 g/mol. The van der Waals surface area contributed by atoms with Crippen molar-refractivity contribution in [3.05, 3.63) is 76.7 Å². The molecule has 2 N–H and O–H groups in total. The number of benzene rings is 2. The van der Waals surface area contributed by atoms with E-state index in [0.717, 1.165) is 65.2 Å². The van der Waals surface area contributed by atoms with E-state index >= 15 is 0 Å². The van der Waals surface area contributed by atoms with Crippen LogP contribution in [-0.2, 0) is 13.1 Å². The fourth-order valence-electron chi connectivity index (χ4n) is 4.85. The Hall–Kier alpha value is -3.40. The lowest BCUT2D eigenvalue weighted by atomic mass is 10.1. The third kappa shape index (κ3) is 5.34. The Kier molecular flexibility index (Phi) is 7.45. The van der Waals surface area contributed by atoms with Gasteiger partial charge < -0.3 is 9.67 Å². The highest BCUT2D eigenvalue weighted by molar-refractivity contribution is 7.13. The van der Waals surface area contributed by atoms with Crippen molar-refractivity contribution in [1.29, 1.82) is 0 Å². The van der Waals surface area contributed by atoms with Gasteiger partial charge in [0.15, 0.2) is 0 Å². The lowest BCUT2D eigenvalue weighted by Gasteiger charge is -2.21. The number of rotatable bonds is 8. The molecule has 5 rings (SSSR count). The molecule has 4 aromatic rings. The highest BCUT2D eigenvalue weighted by atomic mass is 32.1. The van der Waals surface area contributed by atoms with E-state index in [2.05, 4.69) is 20.8 Å². The summed E-state index contributed by atoms with van der Waals surface area (Å²) in [6.07, 6.45) is 3.98. The number of thiazole rings is 1.